The average Bonchev–Trinajstić information content (AvgIpc) is 2.50. The van der Waals surface area contributed by atoms with Gasteiger partial charge in [-0.1, -0.05) is 66.5 Å². The van der Waals surface area contributed by atoms with Crippen molar-refractivity contribution in [1.82, 2.24) is 0 Å². The Labute approximate surface area is 163 Å². The summed E-state index contributed by atoms with van der Waals surface area (Å²) in [7, 11) is 0. The summed E-state index contributed by atoms with van der Waals surface area (Å²) in [6.07, 6.45) is 5.39. The molecule has 0 saturated carbocycles. The minimum atomic E-state index is 0.236. The molecule has 0 aromatic heterocycles. The van der Waals surface area contributed by atoms with Crippen molar-refractivity contribution in [2.75, 3.05) is 5.75 Å². The van der Waals surface area contributed by atoms with Crippen LogP contribution in [0.1, 0.15) is 92.6 Å². The maximum absolute atomic E-state index is 5.72. The molecule has 0 fully saturated rings. The van der Waals surface area contributed by atoms with E-state index >= 15 is 0 Å². The number of benzene rings is 1. The lowest BCUT2D eigenvalue weighted by atomic mass is 9.72. The molecule has 1 unspecified atom stereocenters. The van der Waals surface area contributed by atoms with Gasteiger partial charge in [0.2, 0.25) is 0 Å². The second kappa shape index (κ2) is 12.7. The Morgan fingerprint density at radius 3 is 1.84 bits per heavy atom. The molecule has 0 amide bonds. The van der Waals surface area contributed by atoms with Crippen LogP contribution in [0, 0.1) is 11.3 Å². The Morgan fingerprint density at radius 2 is 1.52 bits per heavy atom. The normalized spacial score (nSPS) is 12.8. The smallest absolute Gasteiger partial charge is 0.119 e. The summed E-state index contributed by atoms with van der Waals surface area (Å²) in [5, 5.41) is 0. The standard InChI is InChI=1S/C18H30O.C5H12S/c1-13(2)12-17(18(5,6)7)15-8-10-16(11-9-15)19-14(3)4;1-2-3-4-5-6/h8-11,13-14,17H,12H2,1-7H3;6H,2-5H2,1H3. The Kier molecular flexibility index (Phi) is 12.4. The fraction of sp³-hybridized carbons (Fsp3) is 0.739. The van der Waals surface area contributed by atoms with Crippen molar-refractivity contribution in [2.45, 2.75) is 93.1 Å². The minimum absolute atomic E-state index is 0.236. The molecule has 0 spiro atoms. The van der Waals surface area contributed by atoms with E-state index in [2.05, 4.69) is 92.3 Å². The zero-order valence-electron chi connectivity index (χ0n) is 17.9. The first-order valence-electron chi connectivity index (χ1n) is 9.99. The van der Waals surface area contributed by atoms with Crippen LogP contribution in [0.3, 0.4) is 0 Å². The van der Waals surface area contributed by atoms with Gasteiger partial charge >= 0.3 is 0 Å². The monoisotopic (exact) mass is 366 g/mol. The van der Waals surface area contributed by atoms with E-state index in [0.29, 0.717) is 11.3 Å². The van der Waals surface area contributed by atoms with E-state index in [9.17, 15) is 0 Å². The number of rotatable bonds is 8. The van der Waals surface area contributed by atoms with Crippen molar-refractivity contribution >= 4 is 12.6 Å². The van der Waals surface area contributed by atoms with E-state index in [-0.39, 0.29) is 6.10 Å². The Balaban J connectivity index is 0.000000823. The average molecular weight is 367 g/mol. The molecule has 2 heteroatoms. The van der Waals surface area contributed by atoms with Gasteiger partial charge in [0.1, 0.15) is 5.75 Å². The molecule has 1 aromatic rings. The molecule has 0 saturated heterocycles. The molecule has 1 rings (SSSR count). The summed E-state index contributed by atoms with van der Waals surface area (Å²) < 4.78 is 5.72. The molecule has 0 bridgehead atoms. The second-order valence-electron chi connectivity index (χ2n) is 8.71. The lowest BCUT2D eigenvalue weighted by Gasteiger charge is -2.32. The third-order valence-electron chi connectivity index (χ3n) is 4.17. The minimum Gasteiger partial charge on any atom is -0.491 e. The van der Waals surface area contributed by atoms with E-state index in [1.165, 1.54) is 31.2 Å². The van der Waals surface area contributed by atoms with E-state index in [4.69, 9.17) is 4.74 Å². The largest absolute Gasteiger partial charge is 0.491 e. The highest BCUT2D eigenvalue weighted by molar-refractivity contribution is 7.80. The molecular formula is C23H42OS. The van der Waals surface area contributed by atoms with Crippen molar-refractivity contribution < 1.29 is 4.74 Å². The molecule has 25 heavy (non-hydrogen) atoms. The van der Waals surface area contributed by atoms with Gasteiger partial charge < -0.3 is 4.74 Å². The van der Waals surface area contributed by atoms with Gasteiger partial charge in [-0.05, 0) is 67.4 Å². The van der Waals surface area contributed by atoms with Crippen molar-refractivity contribution in [2.24, 2.45) is 11.3 Å². The predicted molar refractivity (Wildman–Crippen MR) is 117 cm³/mol. The Morgan fingerprint density at radius 1 is 0.960 bits per heavy atom. The van der Waals surface area contributed by atoms with E-state index < -0.39 is 0 Å². The first kappa shape index (κ1) is 24.4. The van der Waals surface area contributed by atoms with Crippen LogP contribution in [0.25, 0.3) is 0 Å². The van der Waals surface area contributed by atoms with Crippen molar-refractivity contribution in [3.05, 3.63) is 29.8 Å². The highest BCUT2D eigenvalue weighted by atomic mass is 32.1. The van der Waals surface area contributed by atoms with Crippen LogP contribution in [-0.4, -0.2) is 11.9 Å². The van der Waals surface area contributed by atoms with Gasteiger partial charge in [-0.2, -0.15) is 12.6 Å². The zero-order valence-corrected chi connectivity index (χ0v) is 18.8. The SMILES string of the molecule is CC(C)CC(c1ccc(OC(C)C)cc1)C(C)(C)C.CCCCCS. The van der Waals surface area contributed by atoms with Crippen LogP contribution >= 0.6 is 12.6 Å². The van der Waals surface area contributed by atoms with Gasteiger partial charge in [0.05, 0.1) is 6.10 Å². The van der Waals surface area contributed by atoms with Crippen molar-refractivity contribution in [1.29, 1.82) is 0 Å². The molecule has 0 radical (unpaired) electrons. The molecule has 0 aliphatic heterocycles. The summed E-state index contributed by atoms with van der Waals surface area (Å²) in [5.41, 5.74) is 1.72. The van der Waals surface area contributed by atoms with Gasteiger partial charge in [0, 0.05) is 0 Å². The van der Waals surface area contributed by atoms with Gasteiger partial charge in [-0.3, -0.25) is 0 Å². The molecular weight excluding hydrogens is 324 g/mol. The molecule has 146 valence electrons. The van der Waals surface area contributed by atoms with Crippen LogP contribution in [0.4, 0.5) is 0 Å². The molecule has 1 aromatic carbocycles. The van der Waals surface area contributed by atoms with Gasteiger partial charge in [-0.15, -0.1) is 0 Å². The van der Waals surface area contributed by atoms with Gasteiger partial charge in [-0.25, -0.2) is 0 Å². The van der Waals surface area contributed by atoms with Crippen LogP contribution in [0.2, 0.25) is 0 Å². The topological polar surface area (TPSA) is 9.23 Å². The van der Waals surface area contributed by atoms with Crippen LogP contribution in [-0.2, 0) is 0 Å². The van der Waals surface area contributed by atoms with E-state index in [1.807, 2.05) is 0 Å². The summed E-state index contributed by atoms with van der Waals surface area (Å²) in [4.78, 5) is 0. The van der Waals surface area contributed by atoms with E-state index in [1.54, 1.807) is 0 Å². The van der Waals surface area contributed by atoms with Crippen molar-refractivity contribution in [3.63, 3.8) is 0 Å². The third kappa shape index (κ3) is 11.6. The predicted octanol–water partition coefficient (Wildman–Crippen LogP) is 7.76. The summed E-state index contributed by atoms with van der Waals surface area (Å²) in [6, 6.07) is 8.68. The number of hydrogen-bond acceptors (Lipinski definition) is 2. The van der Waals surface area contributed by atoms with Crippen LogP contribution in [0.15, 0.2) is 24.3 Å². The first-order valence-corrected chi connectivity index (χ1v) is 10.6. The Hall–Kier alpha value is -0.630. The van der Waals surface area contributed by atoms with E-state index in [0.717, 1.165) is 17.4 Å². The number of thiol groups is 1. The summed E-state index contributed by atoms with van der Waals surface area (Å²) in [5.74, 6) is 3.33. The van der Waals surface area contributed by atoms with Gasteiger partial charge in [0.15, 0.2) is 0 Å². The molecule has 1 nitrogen and oxygen atoms in total. The number of hydrogen-bond donors (Lipinski definition) is 1. The van der Waals surface area contributed by atoms with Crippen LogP contribution < -0.4 is 4.74 Å². The summed E-state index contributed by atoms with van der Waals surface area (Å²) in [6.45, 7) is 17.9. The third-order valence-corrected chi connectivity index (χ3v) is 4.48. The maximum atomic E-state index is 5.72. The highest BCUT2D eigenvalue weighted by Crippen LogP contribution is 2.40. The summed E-state index contributed by atoms with van der Waals surface area (Å²) >= 11 is 4.05. The molecule has 1 atom stereocenters. The van der Waals surface area contributed by atoms with Crippen LogP contribution in [0.5, 0.6) is 5.75 Å². The van der Waals surface area contributed by atoms with Gasteiger partial charge in [0.25, 0.3) is 0 Å². The Bertz CT molecular complexity index is 424. The lowest BCUT2D eigenvalue weighted by Crippen LogP contribution is -2.20. The highest BCUT2D eigenvalue weighted by Gasteiger charge is 2.26. The lowest BCUT2D eigenvalue weighted by molar-refractivity contribution is 0.241. The second-order valence-corrected chi connectivity index (χ2v) is 9.16. The maximum Gasteiger partial charge on any atom is 0.119 e. The zero-order chi connectivity index (χ0) is 19.5. The molecule has 0 heterocycles. The molecule has 0 aliphatic carbocycles. The fourth-order valence-corrected chi connectivity index (χ4v) is 3.10. The quantitative estimate of drug-likeness (QED) is 0.365. The molecule has 0 aliphatic rings. The fourth-order valence-electron chi connectivity index (χ4n) is 2.87. The van der Waals surface area contributed by atoms with Crippen molar-refractivity contribution in [3.8, 4) is 5.75 Å². The number of ether oxygens (including phenoxy) is 1. The molecule has 0 N–H and O–H groups in total. The first-order chi connectivity index (χ1) is 11.6. The number of unbranched alkanes of at least 4 members (excludes halogenated alkanes) is 2.